The molecule has 0 amide bonds. The summed E-state index contributed by atoms with van der Waals surface area (Å²) in [5, 5.41) is 0.305. The summed E-state index contributed by atoms with van der Waals surface area (Å²) >= 11 is 0. The van der Waals surface area contributed by atoms with Crippen LogP contribution in [0.3, 0.4) is 0 Å². The zero-order valence-electron chi connectivity index (χ0n) is 12.2. The summed E-state index contributed by atoms with van der Waals surface area (Å²) < 4.78 is 6.78. The standard InChI is InChI=1S/C15H28OSi/c1-12-11-13-9-7-8-10-15(12,13)16-17(5,6)14(2,3)4/h13H,1,7-11H2,2-6H3/t13-,15-/m0/s1. The molecule has 0 aromatic rings. The summed E-state index contributed by atoms with van der Waals surface area (Å²) in [4.78, 5) is 0. The van der Waals surface area contributed by atoms with E-state index < -0.39 is 8.32 Å². The molecule has 0 saturated heterocycles. The maximum absolute atomic E-state index is 6.78. The van der Waals surface area contributed by atoms with E-state index in [0.29, 0.717) is 5.04 Å². The van der Waals surface area contributed by atoms with Crippen LogP contribution < -0.4 is 0 Å². The van der Waals surface area contributed by atoms with Gasteiger partial charge in [0.05, 0.1) is 5.60 Å². The molecule has 0 aromatic carbocycles. The van der Waals surface area contributed by atoms with E-state index >= 15 is 0 Å². The van der Waals surface area contributed by atoms with Gasteiger partial charge in [-0.05, 0) is 48.9 Å². The second-order valence-electron chi connectivity index (χ2n) is 7.50. The summed E-state index contributed by atoms with van der Waals surface area (Å²) in [6.45, 7) is 16.0. The van der Waals surface area contributed by atoms with Gasteiger partial charge in [0, 0.05) is 0 Å². The molecule has 0 unspecified atom stereocenters. The van der Waals surface area contributed by atoms with Gasteiger partial charge in [0.2, 0.25) is 0 Å². The average molecular weight is 252 g/mol. The van der Waals surface area contributed by atoms with Crippen LogP contribution in [0.4, 0.5) is 0 Å². The minimum Gasteiger partial charge on any atom is -0.407 e. The van der Waals surface area contributed by atoms with Gasteiger partial charge < -0.3 is 4.43 Å². The Morgan fingerprint density at radius 2 is 1.94 bits per heavy atom. The molecule has 98 valence electrons. The van der Waals surface area contributed by atoms with E-state index in [1.54, 1.807) is 0 Å². The third-order valence-corrected chi connectivity index (χ3v) is 9.83. The van der Waals surface area contributed by atoms with Crippen molar-refractivity contribution in [3.63, 3.8) is 0 Å². The number of fused-ring (bicyclic) bond motifs is 1. The van der Waals surface area contributed by atoms with Crippen LogP contribution in [0.1, 0.15) is 52.9 Å². The highest BCUT2D eigenvalue weighted by Crippen LogP contribution is 2.56. The van der Waals surface area contributed by atoms with E-state index in [1.807, 2.05) is 0 Å². The fourth-order valence-electron chi connectivity index (χ4n) is 3.10. The lowest BCUT2D eigenvalue weighted by Crippen LogP contribution is -2.60. The van der Waals surface area contributed by atoms with Crippen molar-refractivity contribution < 1.29 is 4.43 Å². The first kappa shape index (κ1) is 13.4. The van der Waals surface area contributed by atoms with Gasteiger partial charge in [-0.1, -0.05) is 40.2 Å². The molecule has 2 atom stereocenters. The summed E-state index contributed by atoms with van der Waals surface area (Å²) in [6, 6.07) is 0. The third-order valence-electron chi connectivity index (χ3n) is 5.34. The smallest absolute Gasteiger partial charge is 0.193 e. The second kappa shape index (κ2) is 3.96. The fourth-order valence-corrected chi connectivity index (χ4v) is 4.73. The Kier molecular flexibility index (Phi) is 3.11. The molecule has 0 aromatic heterocycles. The molecule has 2 rings (SSSR count). The molecule has 0 bridgehead atoms. The SMILES string of the molecule is C=C1C[C@@H]2CCCC[C@]12O[Si](C)(C)C(C)(C)C. The highest BCUT2D eigenvalue weighted by Gasteiger charge is 2.56. The summed E-state index contributed by atoms with van der Waals surface area (Å²) in [7, 11) is -1.66. The van der Waals surface area contributed by atoms with E-state index in [9.17, 15) is 0 Å². The van der Waals surface area contributed by atoms with Crippen molar-refractivity contribution >= 4 is 8.32 Å². The Balaban J connectivity index is 2.19. The van der Waals surface area contributed by atoms with Crippen LogP contribution in [0, 0.1) is 5.92 Å². The van der Waals surface area contributed by atoms with Crippen LogP contribution >= 0.6 is 0 Å². The quantitative estimate of drug-likeness (QED) is 0.502. The van der Waals surface area contributed by atoms with Crippen molar-refractivity contribution in [2.24, 2.45) is 5.92 Å². The number of hydrogen-bond donors (Lipinski definition) is 0. The second-order valence-corrected chi connectivity index (χ2v) is 12.2. The van der Waals surface area contributed by atoms with Crippen molar-refractivity contribution in [2.45, 2.75) is 76.6 Å². The predicted octanol–water partition coefficient (Wildman–Crippen LogP) is 4.90. The van der Waals surface area contributed by atoms with Crippen LogP contribution in [0.15, 0.2) is 12.2 Å². The van der Waals surface area contributed by atoms with Crippen molar-refractivity contribution in [2.75, 3.05) is 0 Å². The van der Waals surface area contributed by atoms with E-state index in [2.05, 4.69) is 40.4 Å². The zero-order valence-corrected chi connectivity index (χ0v) is 13.2. The van der Waals surface area contributed by atoms with E-state index in [0.717, 1.165) is 5.92 Å². The van der Waals surface area contributed by atoms with Gasteiger partial charge in [0.15, 0.2) is 8.32 Å². The van der Waals surface area contributed by atoms with Crippen LogP contribution in [0.2, 0.25) is 18.1 Å². The zero-order chi connectivity index (χ0) is 12.9. The van der Waals surface area contributed by atoms with E-state index in [4.69, 9.17) is 4.43 Å². The first-order valence-electron chi connectivity index (χ1n) is 7.07. The monoisotopic (exact) mass is 252 g/mol. The van der Waals surface area contributed by atoms with Gasteiger partial charge in [-0.15, -0.1) is 0 Å². The number of rotatable bonds is 2. The van der Waals surface area contributed by atoms with E-state index in [1.165, 1.54) is 37.7 Å². The minimum atomic E-state index is -1.66. The first-order chi connectivity index (χ1) is 7.69. The topological polar surface area (TPSA) is 9.23 Å². The Hall–Kier alpha value is -0.0831. The Morgan fingerprint density at radius 1 is 1.29 bits per heavy atom. The molecule has 0 aliphatic heterocycles. The summed E-state index contributed by atoms with van der Waals surface area (Å²) in [5.74, 6) is 0.776. The predicted molar refractivity (Wildman–Crippen MR) is 76.7 cm³/mol. The van der Waals surface area contributed by atoms with Crippen LogP contribution in [0.5, 0.6) is 0 Å². The van der Waals surface area contributed by atoms with Gasteiger partial charge in [-0.3, -0.25) is 0 Å². The number of hydrogen-bond acceptors (Lipinski definition) is 1. The average Bonchev–Trinajstić information content (AvgIpc) is 2.18. The molecule has 2 aliphatic carbocycles. The molecule has 0 N–H and O–H groups in total. The molecule has 2 saturated carbocycles. The maximum atomic E-state index is 6.78. The Labute approximate surface area is 108 Å². The molecule has 2 fully saturated rings. The van der Waals surface area contributed by atoms with Crippen LogP contribution in [-0.2, 0) is 4.43 Å². The Morgan fingerprint density at radius 3 is 2.41 bits per heavy atom. The molecule has 0 spiro atoms. The highest BCUT2D eigenvalue weighted by atomic mass is 28.4. The lowest BCUT2D eigenvalue weighted by atomic mass is 9.59. The molecule has 17 heavy (non-hydrogen) atoms. The maximum Gasteiger partial charge on any atom is 0.193 e. The van der Waals surface area contributed by atoms with Crippen molar-refractivity contribution in [3.05, 3.63) is 12.2 Å². The van der Waals surface area contributed by atoms with Crippen molar-refractivity contribution in [3.8, 4) is 0 Å². The van der Waals surface area contributed by atoms with Gasteiger partial charge in [0.25, 0.3) is 0 Å². The molecule has 1 nitrogen and oxygen atoms in total. The van der Waals surface area contributed by atoms with Gasteiger partial charge in [-0.2, -0.15) is 0 Å². The van der Waals surface area contributed by atoms with Crippen molar-refractivity contribution in [1.82, 2.24) is 0 Å². The molecular formula is C15H28OSi. The first-order valence-corrected chi connectivity index (χ1v) is 9.98. The summed E-state index contributed by atoms with van der Waals surface area (Å²) in [5.41, 5.74) is 1.47. The van der Waals surface area contributed by atoms with Gasteiger partial charge in [-0.25, -0.2) is 0 Å². The van der Waals surface area contributed by atoms with E-state index in [-0.39, 0.29) is 5.60 Å². The lowest BCUT2D eigenvalue weighted by Gasteiger charge is -2.58. The summed E-state index contributed by atoms with van der Waals surface area (Å²) in [6.07, 6.45) is 6.51. The third kappa shape index (κ3) is 2.04. The molecular weight excluding hydrogens is 224 g/mol. The molecule has 2 heteroatoms. The normalized spacial score (nSPS) is 34.2. The largest absolute Gasteiger partial charge is 0.407 e. The lowest BCUT2D eigenvalue weighted by molar-refractivity contribution is -0.0512. The molecule has 0 radical (unpaired) electrons. The van der Waals surface area contributed by atoms with Crippen LogP contribution in [-0.4, -0.2) is 13.9 Å². The van der Waals surface area contributed by atoms with Crippen LogP contribution in [0.25, 0.3) is 0 Å². The minimum absolute atomic E-state index is 0.0846. The van der Waals surface area contributed by atoms with Gasteiger partial charge in [0.1, 0.15) is 0 Å². The fraction of sp³-hybridized carbons (Fsp3) is 0.867. The van der Waals surface area contributed by atoms with Gasteiger partial charge >= 0.3 is 0 Å². The molecule has 0 heterocycles. The highest BCUT2D eigenvalue weighted by molar-refractivity contribution is 6.74. The molecule has 2 aliphatic rings. The Bertz CT molecular complexity index is 326. The van der Waals surface area contributed by atoms with Crippen molar-refractivity contribution in [1.29, 1.82) is 0 Å².